The maximum absolute atomic E-state index is 12.6. The maximum atomic E-state index is 12.6. The zero-order valence-electron chi connectivity index (χ0n) is 14.3. The lowest BCUT2D eigenvalue weighted by molar-refractivity contribution is 0.0956. The summed E-state index contributed by atoms with van der Waals surface area (Å²) in [4.78, 5) is 31.2. The van der Waals surface area contributed by atoms with Crippen molar-refractivity contribution in [3.8, 4) is 0 Å². The van der Waals surface area contributed by atoms with Gasteiger partial charge in [0.05, 0.1) is 23.0 Å². The highest BCUT2D eigenvalue weighted by molar-refractivity contribution is 6.13. The molecule has 0 bridgehead atoms. The number of nitrogens with zero attached hydrogens (tertiary/aromatic N) is 3. The molecule has 6 heteroatoms. The monoisotopic (exact) mass is 326 g/mol. The van der Waals surface area contributed by atoms with Crippen LogP contribution in [0.1, 0.15) is 46.2 Å². The van der Waals surface area contributed by atoms with Crippen molar-refractivity contribution in [2.45, 2.75) is 26.2 Å². The van der Waals surface area contributed by atoms with Gasteiger partial charge in [0.25, 0.3) is 5.91 Å². The van der Waals surface area contributed by atoms with E-state index in [2.05, 4.69) is 10.3 Å². The molecular weight excluding hydrogens is 304 g/mol. The molecule has 0 aliphatic heterocycles. The van der Waals surface area contributed by atoms with E-state index in [9.17, 15) is 9.59 Å². The second kappa shape index (κ2) is 6.47. The fourth-order valence-electron chi connectivity index (χ4n) is 3.04. The number of nitrogens with one attached hydrogen (secondary N) is 1. The molecular formula is C18H22N4O2. The van der Waals surface area contributed by atoms with E-state index in [4.69, 9.17) is 0 Å². The van der Waals surface area contributed by atoms with Crippen molar-refractivity contribution in [3.05, 3.63) is 41.3 Å². The molecule has 0 spiro atoms. The number of pyridine rings is 1. The lowest BCUT2D eigenvalue weighted by Crippen LogP contribution is -2.19. The van der Waals surface area contributed by atoms with Crippen LogP contribution < -0.4 is 10.2 Å². The molecule has 2 heterocycles. The van der Waals surface area contributed by atoms with Crippen LogP contribution in [-0.4, -0.2) is 34.8 Å². The third kappa shape index (κ3) is 2.91. The summed E-state index contributed by atoms with van der Waals surface area (Å²) in [7, 11) is 3.84. The van der Waals surface area contributed by atoms with Crippen LogP contribution in [0.25, 0.3) is 0 Å². The number of fused-ring (bicyclic) bond motifs is 1. The Morgan fingerprint density at radius 3 is 2.83 bits per heavy atom. The Morgan fingerprint density at radius 1 is 1.38 bits per heavy atom. The maximum Gasteiger partial charge on any atom is 0.257 e. The Bertz CT molecular complexity index is 777. The van der Waals surface area contributed by atoms with Gasteiger partial charge in [-0.25, -0.2) is 4.98 Å². The van der Waals surface area contributed by atoms with E-state index in [1.54, 1.807) is 12.4 Å². The summed E-state index contributed by atoms with van der Waals surface area (Å²) < 4.78 is 1.89. The first-order chi connectivity index (χ1) is 11.5. The van der Waals surface area contributed by atoms with Crippen molar-refractivity contribution in [1.82, 2.24) is 9.55 Å². The van der Waals surface area contributed by atoms with Gasteiger partial charge < -0.3 is 14.8 Å². The number of rotatable bonds is 4. The Labute approximate surface area is 141 Å². The van der Waals surface area contributed by atoms with Gasteiger partial charge in [0.1, 0.15) is 5.82 Å². The van der Waals surface area contributed by atoms with Crippen molar-refractivity contribution in [2.75, 3.05) is 23.8 Å². The number of aromatic nitrogens is 2. The van der Waals surface area contributed by atoms with E-state index < -0.39 is 0 Å². The number of Topliss-reactive ketones (excluding diaryl/α,β-unsaturated/α-hetero) is 1. The number of hydrogen-bond donors (Lipinski definition) is 1. The van der Waals surface area contributed by atoms with Gasteiger partial charge in [-0.2, -0.15) is 0 Å². The molecule has 0 saturated heterocycles. The van der Waals surface area contributed by atoms with Gasteiger partial charge in [-0.05, 0) is 31.9 Å². The normalized spacial score (nSPS) is 13.5. The summed E-state index contributed by atoms with van der Waals surface area (Å²) in [6.07, 6.45) is 5.58. The van der Waals surface area contributed by atoms with Crippen LogP contribution in [0.5, 0.6) is 0 Å². The van der Waals surface area contributed by atoms with E-state index in [0.717, 1.165) is 30.9 Å². The van der Waals surface area contributed by atoms with Gasteiger partial charge in [0, 0.05) is 39.0 Å². The van der Waals surface area contributed by atoms with Crippen LogP contribution in [0.4, 0.5) is 11.5 Å². The van der Waals surface area contributed by atoms with Gasteiger partial charge in [-0.3, -0.25) is 9.59 Å². The van der Waals surface area contributed by atoms with Crippen molar-refractivity contribution in [3.63, 3.8) is 0 Å². The summed E-state index contributed by atoms with van der Waals surface area (Å²) in [6.45, 7) is 2.91. The second-order valence-corrected chi connectivity index (χ2v) is 6.13. The minimum absolute atomic E-state index is 0.0556. The van der Waals surface area contributed by atoms with Crippen LogP contribution in [-0.2, 0) is 13.5 Å². The number of amides is 1. The first kappa shape index (κ1) is 16.2. The summed E-state index contributed by atoms with van der Waals surface area (Å²) in [5, 5.41) is 2.84. The first-order valence-corrected chi connectivity index (χ1v) is 8.21. The smallest absolute Gasteiger partial charge is 0.257 e. The van der Waals surface area contributed by atoms with E-state index in [1.807, 2.05) is 42.6 Å². The average Bonchev–Trinajstić information content (AvgIpc) is 2.93. The van der Waals surface area contributed by atoms with E-state index in [1.165, 1.54) is 0 Å². The molecule has 3 rings (SSSR count). The summed E-state index contributed by atoms with van der Waals surface area (Å²) >= 11 is 0. The van der Waals surface area contributed by atoms with E-state index in [-0.39, 0.29) is 11.7 Å². The Morgan fingerprint density at radius 2 is 2.17 bits per heavy atom. The van der Waals surface area contributed by atoms with E-state index >= 15 is 0 Å². The lowest BCUT2D eigenvalue weighted by atomic mass is 9.93. The van der Waals surface area contributed by atoms with Gasteiger partial charge in [0.2, 0.25) is 0 Å². The molecule has 0 unspecified atom stereocenters. The molecule has 1 aliphatic rings. The fraction of sp³-hybridized carbons (Fsp3) is 0.389. The highest BCUT2D eigenvalue weighted by atomic mass is 16.2. The molecule has 0 radical (unpaired) electrons. The van der Waals surface area contributed by atoms with Crippen molar-refractivity contribution < 1.29 is 9.59 Å². The molecule has 0 saturated carbocycles. The van der Waals surface area contributed by atoms with Crippen molar-refractivity contribution in [1.29, 1.82) is 0 Å². The fourth-order valence-corrected chi connectivity index (χ4v) is 3.04. The van der Waals surface area contributed by atoms with E-state index in [0.29, 0.717) is 23.2 Å². The molecule has 2 aromatic heterocycles. The zero-order valence-corrected chi connectivity index (χ0v) is 14.3. The molecule has 24 heavy (non-hydrogen) atoms. The van der Waals surface area contributed by atoms with Crippen LogP contribution in [0.2, 0.25) is 0 Å². The van der Waals surface area contributed by atoms with Gasteiger partial charge in [-0.15, -0.1) is 0 Å². The molecule has 2 aromatic rings. The number of carbonyl (C=O) groups excluding carboxylic acids is 2. The van der Waals surface area contributed by atoms with Gasteiger partial charge in [0.15, 0.2) is 5.78 Å². The lowest BCUT2D eigenvalue weighted by Gasteiger charge is -2.15. The van der Waals surface area contributed by atoms with Crippen LogP contribution in [0, 0.1) is 0 Å². The van der Waals surface area contributed by atoms with Crippen LogP contribution >= 0.6 is 0 Å². The average molecular weight is 326 g/mol. The largest absolute Gasteiger partial charge is 0.360 e. The molecule has 1 amide bonds. The summed E-state index contributed by atoms with van der Waals surface area (Å²) in [6, 6.07) is 3.69. The van der Waals surface area contributed by atoms with Crippen molar-refractivity contribution >= 4 is 23.2 Å². The first-order valence-electron chi connectivity index (χ1n) is 8.21. The topological polar surface area (TPSA) is 67.2 Å². The minimum atomic E-state index is -0.263. The van der Waals surface area contributed by atoms with Gasteiger partial charge >= 0.3 is 0 Å². The molecule has 126 valence electrons. The quantitative estimate of drug-likeness (QED) is 0.938. The Hall–Kier alpha value is -2.63. The molecule has 0 fully saturated rings. The molecule has 1 N–H and O–H groups in total. The number of anilines is 2. The number of carbonyl (C=O) groups is 2. The Balaban J connectivity index is 1.82. The van der Waals surface area contributed by atoms with Crippen LogP contribution in [0.3, 0.4) is 0 Å². The van der Waals surface area contributed by atoms with Crippen molar-refractivity contribution in [2.24, 2.45) is 7.05 Å². The predicted octanol–water partition coefficient (Wildman–Crippen LogP) is 2.65. The Kier molecular flexibility index (Phi) is 4.38. The highest BCUT2D eigenvalue weighted by Gasteiger charge is 2.27. The van der Waals surface area contributed by atoms with Crippen LogP contribution in [0.15, 0.2) is 24.5 Å². The SMILES string of the molecule is CCN(C)c1ccc(NC(=O)c2cn(C)c3c2C(=O)CCC3)cn1. The summed E-state index contributed by atoms with van der Waals surface area (Å²) in [5.41, 5.74) is 2.60. The highest BCUT2D eigenvalue weighted by Crippen LogP contribution is 2.26. The minimum Gasteiger partial charge on any atom is -0.360 e. The third-order valence-corrected chi connectivity index (χ3v) is 4.52. The molecule has 6 nitrogen and oxygen atoms in total. The number of aryl methyl sites for hydroxylation is 1. The second-order valence-electron chi connectivity index (χ2n) is 6.13. The molecule has 0 aromatic carbocycles. The standard InChI is InChI=1S/C18H22N4O2/c1-4-21(2)16-9-8-12(10-19-16)20-18(24)13-11-22(3)14-6-5-7-15(23)17(13)14/h8-11H,4-7H2,1-3H3,(H,20,24). The molecule has 1 aliphatic carbocycles. The molecule has 0 atom stereocenters. The number of ketones is 1. The number of hydrogen-bond acceptors (Lipinski definition) is 4. The van der Waals surface area contributed by atoms with Gasteiger partial charge in [-0.1, -0.05) is 0 Å². The zero-order chi connectivity index (χ0) is 17.3. The third-order valence-electron chi connectivity index (χ3n) is 4.52. The summed E-state index contributed by atoms with van der Waals surface area (Å²) in [5.74, 6) is 0.642. The predicted molar refractivity (Wildman–Crippen MR) is 93.8 cm³/mol.